The molecule has 5 rings (SSSR count). The van der Waals surface area contributed by atoms with Crippen molar-refractivity contribution in [2.45, 2.75) is 24.7 Å². The smallest absolute Gasteiger partial charge is 0.429 e. The number of alkyl halides is 3. The van der Waals surface area contributed by atoms with Crippen LogP contribution in [0, 0.1) is 0 Å². The van der Waals surface area contributed by atoms with E-state index >= 15 is 0 Å². The molecule has 0 aliphatic rings. The van der Waals surface area contributed by atoms with Gasteiger partial charge in [-0.15, -0.1) is 23.7 Å². The first kappa shape index (κ1) is 30.3. The van der Waals surface area contributed by atoms with Gasteiger partial charge in [0.1, 0.15) is 17.1 Å². The Labute approximate surface area is 248 Å². The number of ether oxygens (including phenoxy) is 1. The molecule has 2 heterocycles. The second-order valence-corrected chi connectivity index (χ2v) is 10.3. The van der Waals surface area contributed by atoms with Gasteiger partial charge < -0.3 is 15.6 Å². The standard InChI is InChI=1S/C29H21ClF3N3O3S.ClH/c30-19-10-11-20(21(13-19)17-4-2-1-3-5-17)26(29(31,32)33)39-27-25-24(35-15-36-27)22(14-40-25)18-8-6-16(7-9-18)12-23(34)28(37)38;/h1-11,13-15,23,26H,12,34H2,(H,37,38);1H/t23-,26?;/m0./s1. The van der Waals surface area contributed by atoms with Crippen molar-refractivity contribution in [3.05, 3.63) is 101 Å². The Balaban J connectivity index is 0.00000387. The monoisotopic (exact) mass is 619 g/mol. The number of nitrogens with zero attached hydrogens (tertiary/aromatic N) is 2. The summed E-state index contributed by atoms with van der Waals surface area (Å²) in [5, 5.41) is 11.1. The van der Waals surface area contributed by atoms with Crippen LogP contribution in [0.3, 0.4) is 0 Å². The van der Waals surface area contributed by atoms with Crippen molar-refractivity contribution in [1.82, 2.24) is 9.97 Å². The lowest BCUT2D eigenvalue weighted by Crippen LogP contribution is -2.32. The fourth-order valence-corrected chi connectivity index (χ4v) is 5.45. The summed E-state index contributed by atoms with van der Waals surface area (Å²) < 4.78 is 49.5. The fourth-order valence-electron chi connectivity index (χ4n) is 4.32. The van der Waals surface area contributed by atoms with Crippen LogP contribution >= 0.6 is 35.3 Å². The van der Waals surface area contributed by atoms with Crippen LogP contribution < -0.4 is 10.5 Å². The molecule has 0 amide bonds. The van der Waals surface area contributed by atoms with Crippen LogP contribution in [0.2, 0.25) is 5.02 Å². The number of rotatable bonds is 8. The summed E-state index contributed by atoms with van der Waals surface area (Å²) in [6, 6.07) is 18.9. The second kappa shape index (κ2) is 12.4. The molecule has 0 bridgehead atoms. The third-order valence-corrected chi connectivity index (χ3v) is 7.46. The number of aromatic nitrogens is 2. The van der Waals surface area contributed by atoms with E-state index in [1.54, 1.807) is 60.0 Å². The number of carbonyl (C=O) groups is 1. The molecule has 3 aromatic carbocycles. The Kier molecular flexibility index (Phi) is 9.18. The van der Waals surface area contributed by atoms with Gasteiger partial charge in [-0.3, -0.25) is 4.79 Å². The van der Waals surface area contributed by atoms with Gasteiger partial charge in [-0.2, -0.15) is 13.2 Å². The van der Waals surface area contributed by atoms with Crippen LogP contribution in [-0.4, -0.2) is 33.3 Å². The van der Waals surface area contributed by atoms with Gasteiger partial charge in [-0.1, -0.05) is 72.3 Å². The number of aliphatic carboxylic acids is 1. The Morgan fingerprint density at radius 3 is 2.34 bits per heavy atom. The number of hydrogen-bond donors (Lipinski definition) is 2. The van der Waals surface area contributed by atoms with Gasteiger partial charge in [0.25, 0.3) is 0 Å². The third-order valence-electron chi connectivity index (χ3n) is 6.27. The molecule has 0 radical (unpaired) electrons. The lowest BCUT2D eigenvalue weighted by atomic mass is 9.96. The molecular formula is C29H22Cl2F3N3O3S. The number of benzene rings is 3. The normalized spacial score (nSPS) is 12.9. The van der Waals surface area contributed by atoms with E-state index in [2.05, 4.69) is 9.97 Å². The zero-order valence-electron chi connectivity index (χ0n) is 21.0. The lowest BCUT2D eigenvalue weighted by molar-refractivity contribution is -0.198. The highest BCUT2D eigenvalue weighted by Gasteiger charge is 2.45. The highest BCUT2D eigenvalue weighted by atomic mass is 35.5. The van der Waals surface area contributed by atoms with Crippen LogP contribution in [-0.2, 0) is 11.2 Å². The number of thiophene rings is 1. The van der Waals surface area contributed by atoms with Crippen molar-refractivity contribution in [2.24, 2.45) is 5.73 Å². The minimum absolute atomic E-state index is 0. The molecule has 1 unspecified atom stereocenters. The SMILES string of the molecule is Cl.N[C@@H](Cc1ccc(-c2csc3c(OC(c4ccc(Cl)cc4-c4ccccc4)C(F)(F)F)ncnc23)cc1)C(=O)O. The molecule has 5 aromatic rings. The molecular weight excluding hydrogens is 598 g/mol. The zero-order chi connectivity index (χ0) is 28.4. The first-order valence-corrected chi connectivity index (χ1v) is 13.3. The van der Waals surface area contributed by atoms with Crippen LogP contribution in [0.15, 0.2) is 84.5 Å². The molecule has 212 valence electrons. The van der Waals surface area contributed by atoms with Crippen LogP contribution in [0.4, 0.5) is 13.2 Å². The molecule has 0 fully saturated rings. The average molecular weight is 620 g/mol. The van der Waals surface area contributed by atoms with Crippen molar-refractivity contribution in [3.63, 3.8) is 0 Å². The number of halogens is 5. The van der Waals surface area contributed by atoms with Gasteiger partial charge in [0.05, 0.1) is 5.52 Å². The Hall–Kier alpha value is -3.70. The number of hydrogen-bond acceptors (Lipinski definition) is 6. The summed E-state index contributed by atoms with van der Waals surface area (Å²) in [5.74, 6) is -1.29. The molecule has 3 N–H and O–H groups in total. The topological polar surface area (TPSA) is 98.3 Å². The molecule has 0 saturated heterocycles. The summed E-state index contributed by atoms with van der Waals surface area (Å²) in [6.45, 7) is 0. The minimum atomic E-state index is -4.76. The van der Waals surface area contributed by atoms with Crippen molar-refractivity contribution < 1.29 is 27.8 Å². The maximum Gasteiger partial charge on any atom is 0.429 e. The van der Waals surface area contributed by atoms with Crippen LogP contribution in [0.5, 0.6) is 5.88 Å². The second-order valence-electron chi connectivity index (χ2n) is 8.99. The van der Waals surface area contributed by atoms with Gasteiger partial charge in [0.2, 0.25) is 12.0 Å². The van der Waals surface area contributed by atoms with E-state index in [4.69, 9.17) is 27.2 Å². The van der Waals surface area contributed by atoms with Gasteiger partial charge in [-0.05, 0) is 40.8 Å². The molecule has 2 aromatic heterocycles. The maximum absolute atomic E-state index is 14.5. The molecule has 2 atom stereocenters. The summed E-state index contributed by atoms with van der Waals surface area (Å²) in [7, 11) is 0. The number of fused-ring (bicyclic) bond motifs is 1. The predicted molar refractivity (Wildman–Crippen MR) is 156 cm³/mol. The largest absolute Gasteiger partial charge is 0.480 e. The molecule has 41 heavy (non-hydrogen) atoms. The average Bonchev–Trinajstić information content (AvgIpc) is 3.37. The first-order chi connectivity index (χ1) is 19.1. The van der Waals surface area contributed by atoms with E-state index in [1.807, 2.05) is 0 Å². The molecule has 0 spiro atoms. The quantitative estimate of drug-likeness (QED) is 0.184. The van der Waals surface area contributed by atoms with E-state index in [0.717, 1.165) is 11.1 Å². The van der Waals surface area contributed by atoms with Crippen molar-refractivity contribution in [3.8, 4) is 28.1 Å². The number of carboxylic acid groups (broad SMARTS) is 1. The molecule has 6 nitrogen and oxygen atoms in total. The highest BCUT2D eigenvalue weighted by molar-refractivity contribution is 7.18. The van der Waals surface area contributed by atoms with E-state index in [9.17, 15) is 18.0 Å². The fraction of sp³-hybridized carbons (Fsp3) is 0.138. The van der Waals surface area contributed by atoms with Crippen LogP contribution in [0.1, 0.15) is 17.2 Å². The van der Waals surface area contributed by atoms with Crippen molar-refractivity contribution >= 4 is 51.5 Å². The van der Waals surface area contributed by atoms with Gasteiger partial charge in [0, 0.05) is 21.5 Å². The van der Waals surface area contributed by atoms with Gasteiger partial charge >= 0.3 is 12.1 Å². The van der Waals surface area contributed by atoms with Crippen LogP contribution in [0.25, 0.3) is 32.5 Å². The van der Waals surface area contributed by atoms with E-state index in [0.29, 0.717) is 31.9 Å². The van der Waals surface area contributed by atoms with Crippen molar-refractivity contribution in [2.75, 3.05) is 0 Å². The number of carboxylic acids is 1. The summed E-state index contributed by atoms with van der Waals surface area (Å²) >= 11 is 7.33. The predicted octanol–water partition coefficient (Wildman–Crippen LogP) is 7.74. The molecule has 0 aliphatic carbocycles. The van der Waals surface area contributed by atoms with Gasteiger partial charge in [0.15, 0.2) is 0 Å². The molecule has 0 saturated carbocycles. The lowest BCUT2D eigenvalue weighted by Gasteiger charge is -2.24. The van der Waals surface area contributed by atoms with E-state index in [1.165, 1.54) is 35.9 Å². The highest BCUT2D eigenvalue weighted by Crippen LogP contribution is 2.44. The maximum atomic E-state index is 14.5. The van der Waals surface area contributed by atoms with E-state index < -0.39 is 24.3 Å². The Bertz CT molecular complexity index is 1670. The Morgan fingerprint density at radius 1 is 1.00 bits per heavy atom. The first-order valence-electron chi connectivity index (χ1n) is 12.0. The summed E-state index contributed by atoms with van der Waals surface area (Å²) in [5.41, 5.74) is 9.00. The number of nitrogens with two attached hydrogens (primary N) is 1. The molecule has 12 heteroatoms. The van der Waals surface area contributed by atoms with E-state index in [-0.39, 0.29) is 30.3 Å². The zero-order valence-corrected chi connectivity index (χ0v) is 23.4. The minimum Gasteiger partial charge on any atom is -0.480 e. The van der Waals surface area contributed by atoms with Gasteiger partial charge in [-0.25, -0.2) is 9.97 Å². The summed E-state index contributed by atoms with van der Waals surface area (Å²) in [6.07, 6.45) is -5.75. The van der Waals surface area contributed by atoms with Crippen molar-refractivity contribution in [1.29, 1.82) is 0 Å². The molecule has 0 aliphatic heterocycles. The summed E-state index contributed by atoms with van der Waals surface area (Å²) in [4.78, 5) is 19.4. The Morgan fingerprint density at radius 2 is 1.68 bits per heavy atom. The third kappa shape index (κ3) is 6.62.